The average molecular weight is 231 g/mol. The summed E-state index contributed by atoms with van der Waals surface area (Å²) in [5.41, 5.74) is 2.26. The molecule has 0 aliphatic heterocycles. The van der Waals surface area contributed by atoms with Crippen LogP contribution in [0, 0.1) is 13.8 Å². The van der Waals surface area contributed by atoms with Crippen molar-refractivity contribution in [2.75, 3.05) is 0 Å². The highest BCUT2D eigenvalue weighted by atomic mass is 16.4. The van der Waals surface area contributed by atoms with Gasteiger partial charge in [0.1, 0.15) is 5.56 Å². The van der Waals surface area contributed by atoms with Crippen molar-refractivity contribution in [3.8, 4) is 0 Å². The Kier molecular flexibility index (Phi) is 2.50. The smallest absolute Gasteiger partial charge is 0.341 e. The van der Waals surface area contributed by atoms with E-state index in [-0.39, 0.29) is 5.56 Å². The number of rotatable bonds is 1. The van der Waals surface area contributed by atoms with Crippen LogP contribution in [0.25, 0.3) is 10.9 Å². The maximum Gasteiger partial charge on any atom is 0.341 e. The molecule has 1 N–H and O–H groups in total. The normalized spacial score (nSPS) is 10.8. The zero-order valence-electron chi connectivity index (χ0n) is 9.94. The third-order valence-corrected chi connectivity index (χ3v) is 3.10. The number of aryl methyl sites for hydroxylation is 3. The van der Waals surface area contributed by atoms with Crippen molar-refractivity contribution >= 4 is 16.9 Å². The Bertz CT molecular complexity index is 683. The average Bonchev–Trinajstić information content (AvgIpc) is 2.26. The standard InChI is InChI=1S/C13H13NO3/c1-7-4-5-9-11(8(7)2)14(3)6-10(12(9)15)13(16)17/h4-6H,1-3H3,(H,16,17). The largest absolute Gasteiger partial charge is 0.477 e. The van der Waals surface area contributed by atoms with Crippen molar-refractivity contribution in [2.24, 2.45) is 7.05 Å². The minimum Gasteiger partial charge on any atom is -0.477 e. The molecule has 88 valence electrons. The van der Waals surface area contributed by atoms with Gasteiger partial charge in [-0.25, -0.2) is 4.79 Å². The van der Waals surface area contributed by atoms with Gasteiger partial charge in [0.25, 0.3) is 0 Å². The summed E-state index contributed by atoms with van der Waals surface area (Å²) in [7, 11) is 1.75. The second-order valence-corrected chi connectivity index (χ2v) is 4.19. The van der Waals surface area contributed by atoms with Crippen molar-refractivity contribution in [3.05, 3.63) is 45.2 Å². The molecule has 2 rings (SSSR count). The minimum atomic E-state index is -1.19. The van der Waals surface area contributed by atoms with Gasteiger partial charge in [0.05, 0.1) is 5.52 Å². The van der Waals surface area contributed by atoms with E-state index in [9.17, 15) is 9.59 Å². The highest BCUT2D eigenvalue weighted by molar-refractivity contribution is 5.93. The molecule has 0 aliphatic rings. The quantitative estimate of drug-likeness (QED) is 0.814. The number of carbonyl (C=O) groups is 1. The molecule has 2 aromatic rings. The number of aromatic nitrogens is 1. The van der Waals surface area contributed by atoms with E-state index in [4.69, 9.17) is 5.11 Å². The van der Waals surface area contributed by atoms with Crippen molar-refractivity contribution in [1.82, 2.24) is 4.57 Å². The first kappa shape index (κ1) is 11.4. The van der Waals surface area contributed by atoms with E-state index in [1.807, 2.05) is 19.9 Å². The van der Waals surface area contributed by atoms with Crippen LogP contribution in [0.15, 0.2) is 23.1 Å². The summed E-state index contributed by atoms with van der Waals surface area (Å²) < 4.78 is 1.70. The minimum absolute atomic E-state index is 0.191. The number of nitrogens with zero attached hydrogens (tertiary/aromatic N) is 1. The van der Waals surface area contributed by atoms with Crippen LogP contribution in [-0.2, 0) is 7.05 Å². The van der Waals surface area contributed by atoms with Gasteiger partial charge in [0.15, 0.2) is 0 Å². The Labute approximate surface area is 98.1 Å². The highest BCUT2D eigenvalue weighted by Crippen LogP contribution is 2.19. The van der Waals surface area contributed by atoms with Gasteiger partial charge >= 0.3 is 5.97 Å². The molecule has 0 saturated carbocycles. The second-order valence-electron chi connectivity index (χ2n) is 4.19. The van der Waals surface area contributed by atoms with Gasteiger partial charge < -0.3 is 9.67 Å². The van der Waals surface area contributed by atoms with Crippen molar-refractivity contribution in [2.45, 2.75) is 13.8 Å². The van der Waals surface area contributed by atoms with E-state index in [1.165, 1.54) is 6.20 Å². The molecule has 0 atom stereocenters. The van der Waals surface area contributed by atoms with Crippen LogP contribution in [0.1, 0.15) is 21.5 Å². The number of pyridine rings is 1. The molecule has 0 spiro atoms. The molecule has 0 radical (unpaired) electrons. The third kappa shape index (κ3) is 1.62. The molecule has 0 saturated heterocycles. The van der Waals surface area contributed by atoms with Gasteiger partial charge in [-0.05, 0) is 31.0 Å². The third-order valence-electron chi connectivity index (χ3n) is 3.10. The number of carboxylic acids is 1. The molecule has 1 aromatic carbocycles. The first-order chi connectivity index (χ1) is 7.93. The number of benzene rings is 1. The Morgan fingerprint density at radius 3 is 2.53 bits per heavy atom. The van der Waals surface area contributed by atoms with Crippen LogP contribution in [0.4, 0.5) is 0 Å². The lowest BCUT2D eigenvalue weighted by Crippen LogP contribution is -2.18. The molecule has 4 nitrogen and oxygen atoms in total. The number of fused-ring (bicyclic) bond motifs is 1. The number of aromatic carboxylic acids is 1. The summed E-state index contributed by atoms with van der Waals surface area (Å²) in [4.78, 5) is 22.9. The lowest BCUT2D eigenvalue weighted by Gasteiger charge is -2.11. The predicted molar refractivity (Wildman–Crippen MR) is 65.6 cm³/mol. The molecule has 1 aromatic heterocycles. The maximum absolute atomic E-state index is 12.0. The van der Waals surface area contributed by atoms with Crippen LogP contribution >= 0.6 is 0 Å². The second kappa shape index (κ2) is 3.73. The number of hydrogen-bond donors (Lipinski definition) is 1. The van der Waals surface area contributed by atoms with Crippen LogP contribution < -0.4 is 5.43 Å². The molecule has 0 fully saturated rings. The van der Waals surface area contributed by atoms with E-state index >= 15 is 0 Å². The molecule has 0 bridgehead atoms. The zero-order chi connectivity index (χ0) is 12.7. The molecule has 1 heterocycles. The maximum atomic E-state index is 12.0. The monoisotopic (exact) mass is 231 g/mol. The molecule has 4 heteroatoms. The van der Waals surface area contributed by atoms with Gasteiger partial charge in [-0.2, -0.15) is 0 Å². The predicted octanol–water partition coefficient (Wildman–Crippen LogP) is 1.85. The Balaban J connectivity index is 3.03. The van der Waals surface area contributed by atoms with E-state index in [2.05, 4.69) is 0 Å². The van der Waals surface area contributed by atoms with Crippen molar-refractivity contribution in [3.63, 3.8) is 0 Å². The van der Waals surface area contributed by atoms with E-state index < -0.39 is 11.4 Å². The molecule has 0 unspecified atom stereocenters. The van der Waals surface area contributed by atoms with E-state index in [1.54, 1.807) is 17.7 Å². The van der Waals surface area contributed by atoms with Crippen molar-refractivity contribution < 1.29 is 9.90 Å². The SMILES string of the molecule is Cc1ccc2c(=O)c(C(=O)O)cn(C)c2c1C. The summed E-state index contributed by atoms with van der Waals surface area (Å²) in [6, 6.07) is 3.52. The van der Waals surface area contributed by atoms with Crippen LogP contribution in [0.3, 0.4) is 0 Å². The molecule has 17 heavy (non-hydrogen) atoms. The summed E-state index contributed by atoms with van der Waals surface area (Å²) in [5.74, 6) is -1.19. The first-order valence-electron chi connectivity index (χ1n) is 5.26. The Hall–Kier alpha value is -2.10. The fraction of sp³-hybridized carbons (Fsp3) is 0.231. The van der Waals surface area contributed by atoms with Crippen molar-refractivity contribution in [1.29, 1.82) is 0 Å². The highest BCUT2D eigenvalue weighted by Gasteiger charge is 2.14. The fourth-order valence-corrected chi connectivity index (χ4v) is 2.05. The molecule has 0 amide bonds. The van der Waals surface area contributed by atoms with Gasteiger partial charge in [-0.3, -0.25) is 4.79 Å². The topological polar surface area (TPSA) is 59.3 Å². The van der Waals surface area contributed by atoms with E-state index in [0.29, 0.717) is 5.39 Å². The Morgan fingerprint density at radius 1 is 1.29 bits per heavy atom. The lowest BCUT2D eigenvalue weighted by molar-refractivity contribution is 0.0695. The van der Waals surface area contributed by atoms with Gasteiger partial charge in [0.2, 0.25) is 5.43 Å². The Morgan fingerprint density at radius 2 is 1.94 bits per heavy atom. The van der Waals surface area contributed by atoms with Crippen LogP contribution in [-0.4, -0.2) is 15.6 Å². The summed E-state index contributed by atoms with van der Waals surface area (Å²) in [6.07, 6.45) is 1.37. The lowest BCUT2D eigenvalue weighted by atomic mass is 10.0. The van der Waals surface area contributed by atoms with Crippen LogP contribution in [0.2, 0.25) is 0 Å². The number of carboxylic acid groups (broad SMARTS) is 1. The molecular formula is C13H13NO3. The summed E-state index contributed by atoms with van der Waals surface area (Å²) in [5, 5.41) is 9.41. The first-order valence-corrected chi connectivity index (χ1v) is 5.26. The summed E-state index contributed by atoms with van der Waals surface area (Å²) in [6.45, 7) is 3.89. The summed E-state index contributed by atoms with van der Waals surface area (Å²) >= 11 is 0. The van der Waals surface area contributed by atoms with Gasteiger partial charge in [-0.15, -0.1) is 0 Å². The van der Waals surface area contributed by atoms with Gasteiger partial charge in [0, 0.05) is 18.6 Å². The molecular weight excluding hydrogens is 218 g/mol. The van der Waals surface area contributed by atoms with Crippen LogP contribution in [0.5, 0.6) is 0 Å². The van der Waals surface area contributed by atoms with Gasteiger partial charge in [-0.1, -0.05) is 6.07 Å². The van der Waals surface area contributed by atoms with E-state index in [0.717, 1.165) is 16.6 Å². The number of hydrogen-bond acceptors (Lipinski definition) is 2. The molecule has 0 aliphatic carbocycles. The zero-order valence-corrected chi connectivity index (χ0v) is 9.94. The fourth-order valence-electron chi connectivity index (χ4n) is 2.05.